The summed E-state index contributed by atoms with van der Waals surface area (Å²) in [4.78, 5) is 38.4. The van der Waals surface area contributed by atoms with Crippen molar-refractivity contribution in [1.29, 1.82) is 0 Å². The molecule has 0 atom stereocenters. The number of rotatable bonds is 4. The van der Waals surface area contributed by atoms with E-state index < -0.39 is 5.97 Å². The smallest absolute Gasteiger partial charge is 0.336 e. The van der Waals surface area contributed by atoms with Gasteiger partial charge in [-0.3, -0.25) is 9.59 Å². The topological polar surface area (TPSA) is 86.7 Å². The monoisotopic (exact) mass is 358 g/mol. The summed E-state index contributed by atoms with van der Waals surface area (Å²) in [7, 11) is 0. The minimum Gasteiger partial charge on any atom is -0.478 e. The Kier molecular flexibility index (Phi) is 5.14. The van der Waals surface area contributed by atoms with Gasteiger partial charge in [-0.25, -0.2) is 4.79 Å². The second-order valence-electron chi connectivity index (χ2n) is 5.87. The number of amides is 2. The van der Waals surface area contributed by atoms with Crippen LogP contribution in [-0.4, -0.2) is 46.9 Å². The maximum Gasteiger partial charge on any atom is 0.336 e. The van der Waals surface area contributed by atoms with Crippen molar-refractivity contribution in [2.75, 3.05) is 13.1 Å². The lowest BCUT2D eigenvalue weighted by atomic mass is 10.0. The van der Waals surface area contributed by atoms with Crippen molar-refractivity contribution in [2.45, 2.75) is 18.9 Å². The van der Waals surface area contributed by atoms with Gasteiger partial charge in [0.25, 0.3) is 11.8 Å². The van der Waals surface area contributed by atoms with Crippen LogP contribution in [0.25, 0.3) is 0 Å². The first kappa shape index (κ1) is 17.2. The molecule has 25 heavy (non-hydrogen) atoms. The molecule has 1 fully saturated rings. The second kappa shape index (κ2) is 7.48. The summed E-state index contributed by atoms with van der Waals surface area (Å²) in [6.45, 7) is 1.14. The van der Waals surface area contributed by atoms with Gasteiger partial charge in [0.1, 0.15) is 0 Å². The molecule has 1 aliphatic heterocycles. The van der Waals surface area contributed by atoms with Crippen LogP contribution in [0, 0.1) is 0 Å². The van der Waals surface area contributed by atoms with Crippen LogP contribution in [0.15, 0.2) is 41.8 Å². The van der Waals surface area contributed by atoms with Crippen molar-refractivity contribution in [3.05, 3.63) is 57.8 Å². The number of hydrogen-bond acceptors (Lipinski definition) is 4. The number of aromatic carboxylic acids is 1. The number of carbonyl (C=O) groups excluding carboxylic acids is 2. The van der Waals surface area contributed by atoms with Gasteiger partial charge in [-0.15, -0.1) is 11.3 Å². The van der Waals surface area contributed by atoms with Gasteiger partial charge in [-0.2, -0.15) is 0 Å². The highest BCUT2D eigenvalue weighted by Crippen LogP contribution is 2.18. The van der Waals surface area contributed by atoms with E-state index >= 15 is 0 Å². The highest BCUT2D eigenvalue weighted by molar-refractivity contribution is 7.12. The lowest BCUT2D eigenvalue weighted by Gasteiger charge is -2.32. The summed E-state index contributed by atoms with van der Waals surface area (Å²) < 4.78 is 0. The van der Waals surface area contributed by atoms with E-state index in [9.17, 15) is 19.5 Å². The van der Waals surface area contributed by atoms with E-state index in [2.05, 4.69) is 5.32 Å². The summed E-state index contributed by atoms with van der Waals surface area (Å²) in [6.07, 6.45) is 1.30. The minimum atomic E-state index is -1.12. The Hall–Kier alpha value is -2.67. The van der Waals surface area contributed by atoms with Gasteiger partial charge in [-0.1, -0.05) is 18.2 Å². The summed E-state index contributed by atoms with van der Waals surface area (Å²) in [5, 5.41) is 13.9. The number of carbonyl (C=O) groups is 3. The molecular formula is C18H18N2O4S. The summed E-state index contributed by atoms with van der Waals surface area (Å²) in [5.41, 5.74) is 0.150. The van der Waals surface area contributed by atoms with Gasteiger partial charge in [-0.05, 0) is 36.4 Å². The van der Waals surface area contributed by atoms with Gasteiger partial charge in [0.15, 0.2) is 0 Å². The van der Waals surface area contributed by atoms with Crippen molar-refractivity contribution in [3.8, 4) is 0 Å². The summed E-state index contributed by atoms with van der Waals surface area (Å²) >= 11 is 1.42. The van der Waals surface area contributed by atoms with Gasteiger partial charge in [0.2, 0.25) is 0 Å². The fourth-order valence-electron chi connectivity index (χ4n) is 2.91. The number of carboxylic acids is 1. The van der Waals surface area contributed by atoms with Gasteiger partial charge < -0.3 is 15.3 Å². The molecule has 2 amide bonds. The van der Waals surface area contributed by atoms with Gasteiger partial charge in [0.05, 0.1) is 16.0 Å². The predicted octanol–water partition coefficient (Wildman–Crippen LogP) is 2.48. The molecule has 0 aliphatic carbocycles. The number of nitrogens with one attached hydrogen (secondary N) is 1. The Morgan fingerprint density at radius 1 is 1.04 bits per heavy atom. The summed E-state index contributed by atoms with van der Waals surface area (Å²) in [6, 6.07) is 9.75. The first-order valence-electron chi connectivity index (χ1n) is 8.02. The zero-order valence-corrected chi connectivity index (χ0v) is 14.3. The number of likely N-dealkylation sites (tertiary alicyclic amines) is 1. The maximum absolute atomic E-state index is 12.4. The van der Waals surface area contributed by atoms with E-state index in [1.165, 1.54) is 23.5 Å². The Bertz CT molecular complexity index is 780. The molecule has 0 spiro atoms. The largest absolute Gasteiger partial charge is 0.478 e. The molecule has 6 nitrogen and oxygen atoms in total. The predicted molar refractivity (Wildman–Crippen MR) is 94.1 cm³/mol. The lowest BCUT2D eigenvalue weighted by molar-refractivity contribution is 0.0677. The fourth-order valence-corrected chi connectivity index (χ4v) is 3.60. The van der Waals surface area contributed by atoms with Crippen LogP contribution in [0.1, 0.15) is 43.2 Å². The molecule has 1 aromatic carbocycles. The van der Waals surface area contributed by atoms with Crippen molar-refractivity contribution < 1.29 is 19.5 Å². The molecule has 2 heterocycles. The standard InChI is InChI=1S/C18H18N2O4S/c21-16(13-4-1-2-5-14(13)18(23)24)19-12-7-9-20(10-8-12)17(22)15-6-3-11-25-15/h1-6,11-12H,7-10H2,(H,19,21)(H,23,24). The van der Waals surface area contributed by atoms with E-state index in [1.807, 2.05) is 17.5 Å². The molecule has 3 rings (SSSR count). The minimum absolute atomic E-state index is 0.00897. The van der Waals surface area contributed by atoms with E-state index in [1.54, 1.807) is 17.0 Å². The van der Waals surface area contributed by atoms with E-state index in [0.717, 1.165) is 4.88 Å². The second-order valence-corrected chi connectivity index (χ2v) is 6.82. The molecule has 0 radical (unpaired) electrons. The average molecular weight is 358 g/mol. The third-order valence-electron chi connectivity index (χ3n) is 4.25. The summed E-state index contributed by atoms with van der Waals surface area (Å²) in [5.74, 6) is -1.49. The van der Waals surface area contributed by atoms with Crippen LogP contribution in [0.5, 0.6) is 0 Å². The molecule has 7 heteroatoms. The first-order valence-corrected chi connectivity index (χ1v) is 8.90. The number of hydrogen-bond donors (Lipinski definition) is 2. The number of carboxylic acid groups (broad SMARTS) is 1. The Morgan fingerprint density at radius 3 is 2.32 bits per heavy atom. The Balaban J connectivity index is 1.58. The molecule has 2 N–H and O–H groups in total. The van der Waals surface area contributed by atoms with Crippen LogP contribution in [0.2, 0.25) is 0 Å². The van der Waals surface area contributed by atoms with Crippen LogP contribution in [0.3, 0.4) is 0 Å². The van der Waals surface area contributed by atoms with Gasteiger partial charge >= 0.3 is 5.97 Å². The molecule has 0 saturated carbocycles. The highest BCUT2D eigenvalue weighted by atomic mass is 32.1. The van der Waals surface area contributed by atoms with Crippen LogP contribution in [-0.2, 0) is 0 Å². The van der Waals surface area contributed by atoms with Crippen LogP contribution >= 0.6 is 11.3 Å². The normalized spacial score (nSPS) is 15.0. The molecule has 2 aromatic rings. The van der Waals surface area contributed by atoms with Crippen molar-refractivity contribution in [3.63, 3.8) is 0 Å². The van der Waals surface area contributed by atoms with E-state index in [4.69, 9.17) is 0 Å². The van der Waals surface area contributed by atoms with Crippen molar-refractivity contribution >= 4 is 29.1 Å². The maximum atomic E-state index is 12.4. The van der Waals surface area contributed by atoms with E-state index in [-0.39, 0.29) is 29.0 Å². The molecule has 1 aromatic heterocycles. The third-order valence-corrected chi connectivity index (χ3v) is 5.11. The third kappa shape index (κ3) is 3.88. The molecule has 1 aliphatic rings. The fraction of sp³-hybridized carbons (Fsp3) is 0.278. The van der Waals surface area contributed by atoms with Crippen molar-refractivity contribution in [2.24, 2.45) is 0 Å². The Labute approximate surface area is 149 Å². The number of benzene rings is 1. The highest BCUT2D eigenvalue weighted by Gasteiger charge is 2.26. The van der Waals surface area contributed by atoms with Gasteiger partial charge in [0, 0.05) is 19.1 Å². The van der Waals surface area contributed by atoms with Crippen LogP contribution < -0.4 is 5.32 Å². The molecular weight excluding hydrogens is 340 g/mol. The lowest BCUT2D eigenvalue weighted by Crippen LogP contribution is -2.46. The zero-order valence-electron chi connectivity index (χ0n) is 13.5. The van der Waals surface area contributed by atoms with Crippen molar-refractivity contribution in [1.82, 2.24) is 10.2 Å². The number of piperidine rings is 1. The average Bonchev–Trinajstić information content (AvgIpc) is 3.16. The molecule has 0 unspecified atom stereocenters. The molecule has 1 saturated heterocycles. The Morgan fingerprint density at radius 2 is 1.72 bits per heavy atom. The van der Waals surface area contributed by atoms with E-state index in [0.29, 0.717) is 25.9 Å². The zero-order chi connectivity index (χ0) is 17.8. The SMILES string of the molecule is O=C(O)c1ccccc1C(=O)NC1CCN(C(=O)c2cccs2)CC1. The number of thiophene rings is 1. The first-order chi connectivity index (χ1) is 12.1. The van der Waals surface area contributed by atoms with Crippen LogP contribution in [0.4, 0.5) is 0 Å². The molecule has 130 valence electrons. The molecule has 0 bridgehead atoms. The quantitative estimate of drug-likeness (QED) is 0.879. The number of nitrogens with zero attached hydrogens (tertiary/aromatic N) is 1.